The molecule has 82 heavy (non-hydrogen) atoms. The minimum atomic E-state index is -2.22. The van der Waals surface area contributed by atoms with Crippen LogP contribution in [0, 0.1) is 10.8 Å². The molecule has 8 N–H and O–H groups in total. The van der Waals surface area contributed by atoms with Crippen molar-refractivity contribution in [2.75, 3.05) is 161 Å². The van der Waals surface area contributed by atoms with Crippen molar-refractivity contribution in [1.82, 2.24) is 34.0 Å². The molecule has 0 saturated carbocycles. The Balaban J connectivity index is 0.000000144. The first kappa shape index (κ1) is 62.2. The number of piperidine rings is 5. The molecule has 7 fully saturated rings. The Labute approximate surface area is 489 Å². The van der Waals surface area contributed by atoms with Gasteiger partial charge in [0.1, 0.15) is 5.60 Å². The van der Waals surface area contributed by atoms with E-state index in [0.717, 1.165) is 158 Å². The molecule has 2 atom stereocenters. The van der Waals surface area contributed by atoms with Crippen LogP contribution in [0.3, 0.4) is 0 Å². The van der Waals surface area contributed by atoms with Gasteiger partial charge in [-0.1, -0.05) is 0 Å². The molecule has 22 heteroatoms. The predicted octanol–water partition coefficient (Wildman–Crippen LogP) is 6.44. The topological polar surface area (TPSA) is 248 Å². The van der Waals surface area contributed by atoms with Crippen molar-refractivity contribution in [2.24, 2.45) is 10.8 Å². The molecule has 11 rings (SSSR count). The maximum Gasteiger partial charge on any atom is 0.410 e. The van der Waals surface area contributed by atoms with Crippen molar-refractivity contribution in [3.05, 3.63) is 73.8 Å². The molecule has 4 aromatic rings. The molecule has 7 aliphatic heterocycles. The minimum absolute atomic E-state index is 0.143. The quantitative estimate of drug-likeness (QED) is 0.145. The van der Waals surface area contributed by atoms with E-state index >= 15 is 0 Å². The molecule has 452 valence electrons. The Kier molecular flexibility index (Phi) is 20.7. The van der Waals surface area contributed by atoms with Gasteiger partial charge in [0.15, 0.2) is 0 Å². The van der Waals surface area contributed by atoms with Gasteiger partial charge in [-0.05, 0) is 161 Å². The number of carbonyl (C=O) groups excluding carboxylic acids is 1. The van der Waals surface area contributed by atoms with Crippen molar-refractivity contribution >= 4 is 82.6 Å². The standard InChI is InChI=1S/C18H28N4O2.C15H24N4O2S.C15H24N4.C12H19N3OS/c1-17(2,3)24-16(23)22-11-7-18(13-22)5-9-21(10-6-18)15-4-8-20-12-14(15)19;1-22(20,19-8-10-21-11-9-19)13-3-6-18(7-4-13)15-2-5-17-12-14(15)16;1-18-8-2-4-15(12-18)5-9-19(10-6-15)14-3-7-17-11-13(14)16;1-17(2,16)10-4-7-15(8-5-10)12-3-6-14-9-11(12)13/h4,8,12H,5-7,9-11,13,19H2,1-3H3;2,5,12-13H,1,3-4,6-11,16H2;3,7,11H,2,4-6,8-10,12,16H2,1H3;3,6,9-10H,1,4-5,7-8,13H2,2H3. The van der Waals surface area contributed by atoms with E-state index in [1.165, 1.54) is 38.8 Å². The molecular weight excluding hydrogens is 1070 g/mol. The molecule has 0 aliphatic carbocycles. The van der Waals surface area contributed by atoms with E-state index in [1.54, 1.807) is 49.6 Å². The number of likely N-dealkylation sites (tertiary alicyclic amines) is 2. The average molecular weight is 1170 g/mol. The first-order valence-corrected chi connectivity index (χ1v) is 33.4. The van der Waals surface area contributed by atoms with E-state index in [-0.39, 0.29) is 22.0 Å². The number of rotatable bonds is 7. The van der Waals surface area contributed by atoms with Crippen molar-refractivity contribution in [3.8, 4) is 0 Å². The van der Waals surface area contributed by atoms with E-state index < -0.39 is 24.8 Å². The SMILES string of the molecule is C=S(=O)(C1CCN(c2ccncc2N)CC1)N1CCOCC1.C=S(C)(=O)C1CCN(c2ccncc2N)CC1.CC(C)(C)OC(=O)N1CCC2(CCN(c3ccncc3N)CC2)C1.CN1CCCC2(CCN(c3ccncc3N)CC2)C1. The third kappa shape index (κ3) is 16.3. The summed E-state index contributed by atoms with van der Waals surface area (Å²) in [5.41, 5.74) is 31.6. The second kappa shape index (κ2) is 27.3. The lowest BCUT2D eigenvalue weighted by Gasteiger charge is -2.47. The maximum atomic E-state index is 13.1. The number of nitrogens with two attached hydrogens (primary N) is 4. The molecular formula is C60H95N15O5S2. The summed E-state index contributed by atoms with van der Waals surface area (Å²) < 4.78 is 37.9. The first-order valence-electron chi connectivity index (χ1n) is 29.5. The number of nitrogens with zero attached hydrogens (tertiary/aromatic N) is 11. The van der Waals surface area contributed by atoms with E-state index in [1.807, 2.05) is 60.4 Å². The molecule has 2 unspecified atom stereocenters. The second-order valence-corrected chi connectivity index (χ2v) is 30.3. The molecule has 20 nitrogen and oxygen atoms in total. The lowest BCUT2D eigenvalue weighted by atomic mass is 9.72. The van der Waals surface area contributed by atoms with Gasteiger partial charge in [0.05, 0.1) is 83.5 Å². The first-order chi connectivity index (χ1) is 39.0. The normalized spacial score (nSPS) is 22.3. The van der Waals surface area contributed by atoms with Gasteiger partial charge >= 0.3 is 6.09 Å². The molecule has 7 aliphatic rings. The fraction of sp³-hybridized carbons (Fsp3) is 0.617. The number of ether oxygens (including phenoxy) is 2. The fourth-order valence-corrected chi connectivity index (χ4v) is 16.4. The molecule has 2 spiro atoms. The van der Waals surface area contributed by atoms with Gasteiger partial charge in [0.25, 0.3) is 0 Å². The number of carbonyl (C=O) groups is 1. The summed E-state index contributed by atoms with van der Waals surface area (Å²) in [4.78, 5) is 42.1. The monoisotopic (exact) mass is 1170 g/mol. The molecule has 0 bridgehead atoms. The van der Waals surface area contributed by atoms with Gasteiger partial charge < -0.3 is 61.8 Å². The Bertz CT molecular complexity index is 2930. The molecule has 1 amide bonds. The number of hydrogen-bond acceptors (Lipinski definition) is 18. The Morgan fingerprint density at radius 1 is 0.573 bits per heavy atom. The van der Waals surface area contributed by atoms with Crippen LogP contribution in [0.2, 0.25) is 0 Å². The zero-order valence-corrected chi connectivity index (χ0v) is 51.3. The number of aromatic nitrogens is 4. The Morgan fingerprint density at radius 2 is 0.951 bits per heavy atom. The van der Waals surface area contributed by atoms with Gasteiger partial charge in [0, 0.05) is 136 Å². The van der Waals surface area contributed by atoms with Crippen molar-refractivity contribution in [1.29, 1.82) is 0 Å². The van der Waals surface area contributed by atoms with Crippen LogP contribution >= 0.6 is 0 Å². The highest BCUT2D eigenvalue weighted by atomic mass is 32.2. The van der Waals surface area contributed by atoms with Gasteiger partial charge in [-0.25, -0.2) is 9.10 Å². The number of pyridine rings is 4. The summed E-state index contributed by atoms with van der Waals surface area (Å²) in [6, 6.07) is 7.90. The lowest BCUT2D eigenvalue weighted by molar-refractivity contribution is 0.0266. The van der Waals surface area contributed by atoms with Crippen molar-refractivity contribution < 1.29 is 22.7 Å². The predicted molar refractivity (Wildman–Crippen MR) is 341 cm³/mol. The van der Waals surface area contributed by atoms with Gasteiger partial charge in [-0.15, -0.1) is 0 Å². The summed E-state index contributed by atoms with van der Waals surface area (Å²) in [5, 5.41) is 0.381. The van der Waals surface area contributed by atoms with E-state index in [0.29, 0.717) is 30.0 Å². The second-order valence-electron chi connectivity index (χ2n) is 24.9. The summed E-state index contributed by atoms with van der Waals surface area (Å²) in [6.45, 7) is 20.3. The van der Waals surface area contributed by atoms with Gasteiger partial charge in [-0.3, -0.25) is 28.4 Å². The van der Waals surface area contributed by atoms with E-state index in [2.05, 4.69) is 63.2 Å². The highest BCUT2D eigenvalue weighted by Gasteiger charge is 2.44. The van der Waals surface area contributed by atoms with E-state index in [9.17, 15) is 13.2 Å². The van der Waals surface area contributed by atoms with Crippen molar-refractivity contribution in [3.63, 3.8) is 0 Å². The third-order valence-electron chi connectivity index (χ3n) is 17.8. The zero-order valence-electron chi connectivity index (χ0n) is 49.7. The lowest BCUT2D eigenvalue weighted by Crippen LogP contribution is -2.48. The average Bonchev–Trinajstić information content (AvgIpc) is 3.93. The van der Waals surface area contributed by atoms with Crippen LogP contribution in [-0.2, 0) is 28.7 Å². The Hall–Kier alpha value is -5.81. The zero-order chi connectivity index (χ0) is 58.7. The number of hydrogen-bond donors (Lipinski definition) is 4. The highest BCUT2D eigenvalue weighted by Crippen LogP contribution is 2.43. The molecule has 11 heterocycles. The minimum Gasteiger partial charge on any atom is -0.444 e. The molecule has 0 aromatic carbocycles. The summed E-state index contributed by atoms with van der Waals surface area (Å²) in [7, 11) is -1.87. The van der Waals surface area contributed by atoms with Crippen LogP contribution in [0.15, 0.2) is 73.8 Å². The van der Waals surface area contributed by atoms with Crippen LogP contribution in [-0.4, -0.2) is 195 Å². The summed E-state index contributed by atoms with van der Waals surface area (Å²) in [6.07, 6.45) is 27.7. The smallest absolute Gasteiger partial charge is 0.410 e. The maximum absolute atomic E-state index is 13.1. The largest absolute Gasteiger partial charge is 0.444 e. The summed E-state index contributed by atoms with van der Waals surface area (Å²) in [5.74, 6) is 7.86. The van der Waals surface area contributed by atoms with Crippen LogP contribution in [0.5, 0.6) is 0 Å². The fourth-order valence-electron chi connectivity index (χ4n) is 13.0. The van der Waals surface area contributed by atoms with Crippen LogP contribution in [0.4, 0.5) is 50.3 Å². The third-order valence-corrected chi connectivity index (χ3v) is 22.4. The van der Waals surface area contributed by atoms with Crippen LogP contribution in [0.25, 0.3) is 0 Å². The Morgan fingerprint density at radius 3 is 1.33 bits per heavy atom. The van der Waals surface area contributed by atoms with E-state index in [4.69, 9.17) is 32.4 Å². The highest BCUT2D eigenvalue weighted by molar-refractivity contribution is 8.00. The molecule has 0 radical (unpaired) electrons. The number of amides is 1. The van der Waals surface area contributed by atoms with Crippen LogP contribution < -0.4 is 42.5 Å². The number of anilines is 8. The molecule has 4 aromatic heterocycles. The number of nitrogen functional groups attached to an aromatic ring is 4. The van der Waals surface area contributed by atoms with Gasteiger partial charge in [0.2, 0.25) is 0 Å². The number of morpholine rings is 1. The van der Waals surface area contributed by atoms with Crippen molar-refractivity contribution in [2.45, 2.75) is 108 Å². The summed E-state index contributed by atoms with van der Waals surface area (Å²) >= 11 is 0. The van der Waals surface area contributed by atoms with Gasteiger partial charge in [-0.2, -0.15) is 0 Å². The molecule has 7 saturated heterocycles. The van der Waals surface area contributed by atoms with Crippen LogP contribution in [0.1, 0.15) is 91.4 Å².